The lowest BCUT2D eigenvalue weighted by Gasteiger charge is -1.99. The number of rotatable bonds is 4. The summed E-state index contributed by atoms with van der Waals surface area (Å²) in [5, 5.41) is 4.32. The van der Waals surface area contributed by atoms with Gasteiger partial charge in [-0.2, -0.15) is 5.10 Å². The third-order valence-electron chi connectivity index (χ3n) is 2.42. The van der Waals surface area contributed by atoms with Crippen molar-refractivity contribution < 1.29 is 4.79 Å². The molecular weight excluding hydrogens is 296 g/mol. The number of aromatic nitrogens is 2. The van der Waals surface area contributed by atoms with Crippen molar-refractivity contribution in [3.63, 3.8) is 0 Å². The molecule has 0 bridgehead atoms. The van der Waals surface area contributed by atoms with Crippen LogP contribution in [0.25, 0.3) is 0 Å². The summed E-state index contributed by atoms with van der Waals surface area (Å²) in [6.07, 6.45) is 1.27. The van der Waals surface area contributed by atoms with E-state index in [4.69, 9.17) is 11.6 Å². The molecule has 3 N–H and O–H groups in total. The van der Waals surface area contributed by atoms with E-state index < -0.39 is 17.2 Å². The van der Waals surface area contributed by atoms with Crippen LogP contribution < -0.4 is 16.7 Å². The monoisotopic (exact) mass is 306 g/mol. The SMILES string of the molecule is O=C(Cc1cc(=O)[nH]c(=O)[nH]1)NN=Cc1cccc(Cl)c1. The predicted molar refractivity (Wildman–Crippen MR) is 78.6 cm³/mol. The van der Waals surface area contributed by atoms with Crippen LogP contribution in [0.15, 0.2) is 45.0 Å². The highest BCUT2D eigenvalue weighted by Gasteiger charge is 2.04. The van der Waals surface area contributed by atoms with Gasteiger partial charge in [0.2, 0.25) is 5.91 Å². The quantitative estimate of drug-likeness (QED) is 0.562. The highest BCUT2D eigenvalue weighted by molar-refractivity contribution is 6.30. The maximum atomic E-state index is 11.6. The van der Waals surface area contributed by atoms with Crippen LogP contribution in [0, 0.1) is 0 Å². The van der Waals surface area contributed by atoms with Crippen LogP contribution in [0.5, 0.6) is 0 Å². The summed E-state index contributed by atoms with van der Waals surface area (Å²) >= 11 is 5.81. The van der Waals surface area contributed by atoms with Crippen molar-refractivity contribution in [3.8, 4) is 0 Å². The molecule has 108 valence electrons. The molecule has 0 saturated heterocycles. The second-order valence-corrected chi connectivity index (χ2v) is 4.57. The summed E-state index contributed by atoms with van der Waals surface area (Å²) < 4.78 is 0. The fraction of sp³-hybridized carbons (Fsp3) is 0.0769. The number of nitrogens with one attached hydrogen (secondary N) is 3. The lowest BCUT2D eigenvalue weighted by Crippen LogP contribution is -2.26. The van der Waals surface area contributed by atoms with Gasteiger partial charge < -0.3 is 4.98 Å². The Kier molecular flexibility index (Phi) is 4.68. The molecule has 0 spiro atoms. The van der Waals surface area contributed by atoms with Crippen LogP contribution in [-0.2, 0) is 11.2 Å². The number of benzene rings is 1. The molecule has 8 heteroatoms. The molecule has 0 aliphatic carbocycles. The van der Waals surface area contributed by atoms with Gasteiger partial charge in [-0.15, -0.1) is 0 Å². The Balaban J connectivity index is 1.96. The molecule has 2 rings (SSSR count). The van der Waals surface area contributed by atoms with E-state index in [1.165, 1.54) is 6.21 Å². The maximum Gasteiger partial charge on any atom is 0.325 e. The Bertz CT molecular complexity index is 766. The highest BCUT2D eigenvalue weighted by Crippen LogP contribution is 2.08. The fourth-order valence-electron chi connectivity index (χ4n) is 1.59. The molecule has 1 aromatic carbocycles. The van der Waals surface area contributed by atoms with Gasteiger partial charge >= 0.3 is 5.69 Å². The highest BCUT2D eigenvalue weighted by atomic mass is 35.5. The Morgan fingerprint density at radius 2 is 2.10 bits per heavy atom. The van der Waals surface area contributed by atoms with E-state index in [1.54, 1.807) is 24.3 Å². The number of H-pyrrole nitrogens is 2. The van der Waals surface area contributed by atoms with Crippen molar-refractivity contribution >= 4 is 23.7 Å². The van der Waals surface area contributed by atoms with Crippen LogP contribution in [0.4, 0.5) is 0 Å². The Labute approximate surface area is 123 Å². The topological polar surface area (TPSA) is 107 Å². The smallest absolute Gasteiger partial charge is 0.311 e. The third-order valence-corrected chi connectivity index (χ3v) is 2.65. The average molecular weight is 307 g/mol. The van der Waals surface area contributed by atoms with Gasteiger partial charge in [-0.3, -0.25) is 14.6 Å². The normalized spacial score (nSPS) is 10.7. The summed E-state index contributed by atoms with van der Waals surface area (Å²) in [4.78, 5) is 38.1. The third kappa shape index (κ3) is 4.73. The van der Waals surface area contributed by atoms with Crippen molar-refractivity contribution in [2.45, 2.75) is 6.42 Å². The molecule has 0 atom stereocenters. The predicted octanol–water partition coefficient (Wildman–Crippen LogP) is 0.409. The van der Waals surface area contributed by atoms with E-state index in [1.807, 2.05) is 4.98 Å². The van der Waals surface area contributed by atoms with Gasteiger partial charge in [0, 0.05) is 16.8 Å². The first-order valence-electron chi connectivity index (χ1n) is 5.93. The molecule has 2 aromatic rings. The molecule has 0 fully saturated rings. The number of carbonyl (C=O) groups is 1. The van der Waals surface area contributed by atoms with Crippen LogP contribution in [0.1, 0.15) is 11.3 Å². The molecule has 1 heterocycles. The largest absolute Gasteiger partial charge is 0.325 e. The first-order chi connectivity index (χ1) is 10.0. The van der Waals surface area contributed by atoms with Crippen molar-refractivity contribution in [1.82, 2.24) is 15.4 Å². The van der Waals surface area contributed by atoms with Gasteiger partial charge in [0.05, 0.1) is 12.6 Å². The minimum absolute atomic E-state index is 0.161. The molecule has 0 aliphatic heterocycles. The van der Waals surface area contributed by atoms with E-state index in [9.17, 15) is 14.4 Å². The molecule has 1 amide bonds. The lowest BCUT2D eigenvalue weighted by molar-refractivity contribution is -0.120. The summed E-state index contributed by atoms with van der Waals surface area (Å²) in [7, 11) is 0. The zero-order valence-corrected chi connectivity index (χ0v) is 11.5. The molecule has 0 aliphatic rings. The Morgan fingerprint density at radius 3 is 2.81 bits per heavy atom. The van der Waals surface area contributed by atoms with Crippen LogP contribution in [0.3, 0.4) is 0 Å². The van der Waals surface area contributed by atoms with Gasteiger partial charge in [0.1, 0.15) is 0 Å². The molecule has 7 nitrogen and oxygen atoms in total. The van der Waals surface area contributed by atoms with E-state index in [2.05, 4.69) is 15.5 Å². The molecule has 21 heavy (non-hydrogen) atoms. The lowest BCUT2D eigenvalue weighted by atomic mass is 10.2. The van der Waals surface area contributed by atoms with Crippen molar-refractivity contribution in [3.05, 3.63) is 67.4 Å². The fourth-order valence-corrected chi connectivity index (χ4v) is 1.79. The number of carbonyl (C=O) groups excluding carboxylic acids is 1. The standard InChI is InChI=1S/C13H11ClN4O3/c14-9-3-1-2-8(4-9)7-15-18-12(20)6-10-5-11(19)17-13(21)16-10/h1-5,7H,6H2,(H,18,20)(H2,16,17,19,21). The summed E-state index contributed by atoms with van der Waals surface area (Å²) in [5.41, 5.74) is 2.00. The van der Waals surface area contributed by atoms with E-state index in [0.29, 0.717) is 5.02 Å². The van der Waals surface area contributed by atoms with Gasteiger partial charge in [0.25, 0.3) is 5.56 Å². The first kappa shape index (κ1) is 14.7. The van der Waals surface area contributed by atoms with Crippen LogP contribution in [0.2, 0.25) is 5.02 Å². The van der Waals surface area contributed by atoms with Gasteiger partial charge in [0.15, 0.2) is 0 Å². The summed E-state index contributed by atoms with van der Waals surface area (Å²) in [6.45, 7) is 0. The van der Waals surface area contributed by atoms with Crippen molar-refractivity contribution in [2.24, 2.45) is 5.10 Å². The second-order valence-electron chi connectivity index (χ2n) is 4.14. The maximum absolute atomic E-state index is 11.6. The number of hydrazone groups is 1. The van der Waals surface area contributed by atoms with Gasteiger partial charge in [-0.1, -0.05) is 23.7 Å². The molecule has 0 saturated carbocycles. The Hall–Kier alpha value is -2.67. The van der Waals surface area contributed by atoms with E-state index in [0.717, 1.165) is 11.6 Å². The average Bonchev–Trinajstić information content (AvgIpc) is 2.37. The Morgan fingerprint density at radius 1 is 1.29 bits per heavy atom. The van der Waals surface area contributed by atoms with Crippen molar-refractivity contribution in [2.75, 3.05) is 0 Å². The molecular formula is C13H11ClN4O3. The molecule has 1 aromatic heterocycles. The zero-order valence-electron chi connectivity index (χ0n) is 10.7. The van der Waals surface area contributed by atoms with Crippen molar-refractivity contribution in [1.29, 1.82) is 0 Å². The second kappa shape index (κ2) is 6.67. The molecule has 0 unspecified atom stereocenters. The zero-order chi connectivity index (χ0) is 15.2. The summed E-state index contributed by atoms with van der Waals surface area (Å²) in [5.74, 6) is -0.463. The number of amides is 1. The minimum Gasteiger partial charge on any atom is -0.311 e. The first-order valence-corrected chi connectivity index (χ1v) is 6.31. The van der Waals surface area contributed by atoms with Crippen LogP contribution in [-0.4, -0.2) is 22.1 Å². The van der Waals surface area contributed by atoms with E-state index >= 15 is 0 Å². The number of aromatic amines is 2. The minimum atomic E-state index is -0.660. The van der Waals surface area contributed by atoms with Gasteiger partial charge in [-0.25, -0.2) is 10.2 Å². The molecule has 0 radical (unpaired) electrons. The van der Waals surface area contributed by atoms with Gasteiger partial charge in [-0.05, 0) is 17.7 Å². The number of hydrogen-bond acceptors (Lipinski definition) is 4. The number of hydrogen-bond donors (Lipinski definition) is 3. The number of nitrogens with zero attached hydrogens (tertiary/aromatic N) is 1. The summed E-state index contributed by atoms with van der Waals surface area (Å²) in [6, 6.07) is 8.08. The number of halogens is 1. The van der Waals surface area contributed by atoms with E-state index in [-0.39, 0.29) is 12.1 Å². The van der Waals surface area contributed by atoms with Crippen LogP contribution >= 0.6 is 11.6 Å².